The van der Waals surface area contributed by atoms with Crippen LogP contribution in [0, 0.1) is 0 Å². The topological polar surface area (TPSA) is 23.6 Å². The second kappa shape index (κ2) is 5.24. The molecule has 0 aliphatic carbocycles. The summed E-state index contributed by atoms with van der Waals surface area (Å²) in [5, 5.41) is 0. The molecule has 0 amide bonds. The van der Waals surface area contributed by atoms with Gasteiger partial charge in [0.1, 0.15) is 0 Å². The van der Waals surface area contributed by atoms with Crippen LogP contribution in [0.4, 0.5) is 5.69 Å². The van der Waals surface area contributed by atoms with Crippen molar-refractivity contribution in [2.45, 2.75) is 0 Å². The molecule has 0 aromatic heterocycles. The number of rotatable bonds is 3. The summed E-state index contributed by atoms with van der Waals surface area (Å²) in [6.45, 7) is 7.84. The van der Waals surface area contributed by atoms with Crippen molar-refractivity contribution in [1.29, 1.82) is 0 Å². The summed E-state index contributed by atoms with van der Waals surface area (Å²) < 4.78 is 11.8. The predicted molar refractivity (Wildman–Crippen MR) is 74.5 cm³/mol. The molecule has 1 aromatic rings. The third-order valence-corrected chi connectivity index (χ3v) is 4.12. The highest BCUT2D eigenvalue weighted by Gasteiger charge is 2.20. The highest BCUT2D eigenvalue weighted by atomic mass is 31.2. The van der Waals surface area contributed by atoms with E-state index >= 15 is 0 Å². The van der Waals surface area contributed by atoms with Gasteiger partial charge in [0.2, 0.25) is 0 Å². The van der Waals surface area contributed by atoms with Gasteiger partial charge in [0.15, 0.2) is 0 Å². The minimum absolute atomic E-state index is 0.760. The first-order valence-corrected chi connectivity index (χ1v) is 8.90. The number of hydrogen-bond donors (Lipinski definition) is 0. The molecule has 17 heavy (non-hydrogen) atoms. The number of para-hydroxylation sites is 1. The fraction of sp³-hybridized carbons (Fsp3) is 0.538. The minimum Gasteiger partial charge on any atom is -0.369 e. The van der Waals surface area contributed by atoms with Gasteiger partial charge in [0, 0.05) is 31.9 Å². The van der Waals surface area contributed by atoms with Crippen molar-refractivity contribution in [3.05, 3.63) is 30.3 Å². The lowest BCUT2D eigenvalue weighted by Gasteiger charge is -2.36. The maximum Gasteiger partial charge on any atom is 0.0951 e. The first-order chi connectivity index (χ1) is 8.04. The standard InChI is InChI=1S/C13H21N2OP/c1-17(2,16)12-14-8-10-15(11-9-14)13-6-4-3-5-7-13/h3-7H,8-12H2,1-2H3. The van der Waals surface area contributed by atoms with Crippen molar-refractivity contribution in [3.8, 4) is 0 Å². The van der Waals surface area contributed by atoms with Crippen molar-refractivity contribution in [1.82, 2.24) is 4.90 Å². The molecule has 0 radical (unpaired) electrons. The Morgan fingerprint density at radius 1 is 1.06 bits per heavy atom. The fourth-order valence-corrected chi connectivity index (χ4v) is 3.51. The second-order valence-electron chi connectivity index (χ2n) is 5.16. The third kappa shape index (κ3) is 3.86. The molecule has 4 heteroatoms. The van der Waals surface area contributed by atoms with Gasteiger partial charge in [0.05, 0.1) is 13.4 Å². The average molecular weight is 252 g/mol. The van der Waals surface area contributed by atoms with Gasteiger partial charge in [-0.2, -0.15) is 0 Å². The predicted octanol–water partition coefficient (Wildman–Crippen LogP) is 2.39. The van der Waals surface area contributed by atoms with Crippen molar-refractivity contribution in [2.24, 2.45) is 0 Å². The Kier molecular flexibility index (Phi) is 3.90. The van der Waals surface area contributed by atoms with Gasteiger partial charge in [-0.3, -0.25) is 4.90 Å². The summed E-state index contributed by atoms with van der Waals surface area (Å²) in [6.07, 6.45) is 0.760. The molecule has 94 valence electrons. The molecule has 0 unspecified atom stereocenters. The lowest BCUT2D eigenvalue weighted by Crippen LogP contribution is -2.46. The smallest absolute Gasteiger partial charge is 0.0951 e. The average Bonchev–Trinajstić information content (AvgIpc) is 2.29. The Hall–Kier alpha value is -0.790. The van der Waals surface area contributed by atoms with Crippen LogP contribution in [-0.2, 0) is 4.57 Å². The highest BCUT2D eigenvalue weighted by molar-refractivity contribution is 7.62. The molecule has 1 aliphatic rings. The molecular formula is C13H21N2OP. The molecule has 1 fully saturated rings. The van der Waals surface area contributed by atoms with E-state index in [0.29, 0.717) is 0 Å². The third-order valence-electron chi connectivity index (χ3n) is 3.03. The van der Waals surface area contributed by atoms with E-state index in [9.17, 15) is 4.57 Å². The van der Waals surface area contributed by atoms with Gasteiger partial charge >= 0.3 is 0 Å². The van der Waals surface area contributed by atoms with Crippen LogP contribution in [0.3, 0.4) is 0 Å². The summed E-state index contributed by atoms with van der Waals surface area (Å²) in [6, 6.07) is 10.5. The van der Waals surface area contributed by atoms with Crippen LogP contribution >= 0.6 is 7.14 Å². The Balaban J connectivity index is 1.89. The van der Waals surface area contributed by atoms with Gasteiger partial charge in [-0.15, -0.1) is 0 Å². The van der Waals surface area contributed by atoms with Gasteiger partial charge < -0.3 is 9.46 Å². The van der Waals surface area contributed by atoms with Crippen LogP contribution < -0.4 is 4.90 Å². The number of hydrogen-bond acceptors (Lipinski definition) is 3. The van der Waals surface area contributed by atoms with Gasteiger partial charge in [-0.25, -0.2) is 0 Å². The van der Waals surface area contributed by atoms with E-state index in [4.69, 9.17) is 0 Å². The van der Waals surface area contributed by atoms with Crippen LogP contribution in [0.15, 0.2) is 30.3 Å². The number of anilines is 1. The van der Waals surface area contributed by atoms with E-state index in [2.05, 4.69) is 34.1 Å². The fourth-order valence-electron chi connectivity index (χ4n) is 2.27. The van der Waals surface area contributed by atoms with Crippen LogP contribution in [0.5, 0.6) is 0 Å². The maximum absolute atomic E-state index is 11.8. The maximum atomic E-state index is 11.8. The molecule has 0 atom stereocenters. The summed E-state index contributed by atoms with van der Waals surface area (Å²) >= 11 is 0. The molecule has 1 aliphatic heterocycles. The molecule has 1 heterocycles. The number of nitrogens with zero attached hydrogens (tertiary/aromatic N) is 2. The van der Waals surface area contributed by atoms with Gasteiger partial charge in [0.25, 0.3) is 0 Å². The van der Waals surface area contributed by atoms with E-state index in [1.165, 1.54) is 5.69 Å². The molecule has 0 bridgehead atoms. The molecule has 3 nitrogen and oxygen atoms in total. The van der Waals surface area contributed by atoms with Crippen molar-refractivity contribution < 1.29 is 4.57 Å². The summed E-state index contributed by atoms with van der Waals surface area (Å²) in [5.74, 6) is 0. The first-order valence-electron chi connectivity index (χ1n) is 6.11. The van der Waals surface area contributed by atoms with Crippen molar-refractivity contribution in [2.75, 3.05) is 50.7 Å². The lowest BCUT2D eigenvalue weighted by atomic mass is 10.2. The zero-order valence-corrected chi connectivity index (χ0v) is 11.6. The molecule has 1 saturated heterocycles. The molecule has 0 saturated carbocycles. The zero-order valence-electron chi connectivity index (χ0n) is 10.7. The molecule has 0 N–H and O–H groups in total. The van der Waals surface area contributed by atoms with Crippen molar-refractivity contribution in [3.63, 3.8) is 0 Å². The Morgan fingerprint density at radius 2 is 1.65 bits per heavy atom. The van der Waals surface area contributed by atoms with E-state index in [-0.39, 0.29) is 0 Å². The van der Waals surface area contributed by atoms with E-state index < -0.39 is 7.14 Å². The van der Waals surface area contributed by atoms with Crippen LogP contribution in [-0.4, -0.2) is 50.7 Å². The normalized spacial score (nSPS) is 18.4. The highest BCUT2D eigenvalue weighted by Crippen LogP contribution is 2.36. The van der Waals surface area contributed by atoms with Crippen LogP contribution in [0.2, 0.25) is 0 Å². The first kappa shape index (κ1) is 12.7. The Bertz CT molecular complexity index is 393. The Morgan fingerprint density at radius 3 is 2.18 bits per heavy atom. The quantitative estimate of drug-likeness (QED) is 0.772. The SMILES string of the molecule is CP(C)(=O)CN1CCN(c2ccccc2)CC1. The monoisotopic (exact) mass is 252 g/mol. The van der Waals surface area contributed by atoms with Crippen molar-refractivity contribution >= 4 is 12.8 Å². The summed E-state index contributed by atoms with van der Waals surface area (Å²) in [7, 11) is -1.92. The van der Waals surface area contributed by atoms with E-state index in [1.54, 1.807) is 0 Å². The molecule has 0 spiro atoms. The van der Waals surface area contributed by atoms with Crippen LogP contribution in [0.25, 0.3) is 0 Å². The lowest BCUT2D eigenvalue weighted by molar-refractivity contribution is 0.294. The largest absolute Gasteiger partial charge is 0.369 e. The Labute approximate surface area is 104 Å². The molecular weight excluding hydrogens is 231 g/mol. The number of benzene rings is 1. The van der Waals surface area contributed by atoms with Gasteiger partial charge in [-0.1, -0.05) is 18.2 Å². The molecule has 1 aromatic carbocycles. The number of piperazine rings is 1. The minimum atomic E-state index is -1.92. The van der Waals surface area contributed by atoms with E-state index in [1.807, 2.05) is 19.4 Å². The van der Waals surface area contributed by atoms with Gasteiger partial charge in [-0.05, 0) is 25.5 Å². The molecule has 2 rings (SSSR count). The van der Waals surface area contributed by atoms with E-state index in [0.717, 1.165) is 32.5 Å². The second-order valence-corrected chi connectivity index (χ2v) is 8.59. The zero-order chi connectivity index (χ0) is 12.3. The van der Waals surface area contributed by atoms with Crippen LogP contribution in [0.1, 0.15) is 0 Å². The summed E-state index contributed by atoms with van der Waals surface area (Å²) in [4.78, 5) is 4.72. The summed E-state index contributed by atoms with van der Waals surface area (Å²) in [5.41, 5.74) is 1.29.